The lowest BCUT2D eigenvalue weighted by Gasteiger charge is -2.53. The lowest BCUT2D eigenvalue weighted by molar-refractivity contribution is 0.0847. The molecule has 1 aliphatic heterocycles. The summed E-state index contributed by atoms with van der Waals surface area (Å²) in [6, 6.07) is 10.7. The molecular formula is C14H19NOS. The fourth-order valence-electron chi connectivity index (χ4n) is 3.26. The molecular weight excluding hydrogens is 230 g/mol. The Balaban J connectivity index is 1.89. The molecule has 2 aliphatic rings. The second kappa shape index (κ2) is 4.01. The molecule has 3 rings (SSSR count). The van der Waals surface area contributed by atoms with Gasteiger partial charge in [-0.1, -0.05) is 30.3 Å². The maximum absolute atomic E-state index is 12.3. The van der Waals surface area contributed by atoms with Crippen LogP contribution in [0, 0.1) is 11.8 Å². The summed E-state index contributed by atoms with van der Waals surface area (Å²) in [7, 11) is 0. The van der Waals surface area contributed by atoms with Gasteiger partial charge in [-0.25, -0.2) is 0 Å². The van der Waals surface area contributed by atoms with E-state index in [1.807, 2.05) is 6.07 Å². The maximum Gasteiger partial charge on any atom is 0.142 e. The van der Waals surface area contributed by atoms with Crippen molar-refractivity contribution in [3.8, 4) is 0 Å². The predicted molar refractivity (Wildman–Crippen MR) is 70.8 cm³/mol. The van der Waals surface area contributed by atoms with Crippen molar-refractivity contribution in [1.82, 2.24) is 4.72 Å². The van der Waals surface area contributed by atoms with E-state index in [1.54, 1.807) is 0 Å². The van der Waals surface area contributed by atoms with Gasteiger partial charge in [-0.2, -0.15) is 0 Å². The van der Waals surface area contributed by atoms with E-state index >= 15 is 0 Å². The first-order valence-electron chi connectivity index (χ1n) is 6.33. The Labute approximate surface area is 106 Å². The van der Waals surface area contributed by atoms with Crippen LogP contribution in [-0.2, 0) is 11.4 Å². The summed E-state index contributed by atoms with van der Waals surface area (Å²) in [4.78, 5) is 0. The van der Waals surface area contributed by atoms with Gasteiger partial charge in [0.1, 0.15) is 4.75 Å². The molecule has 3 heteroatoms. The standard InChI is InChI=1S/C14H19NOS/c1-14(2)12-9-8-11(12)13(15-17(14)16)10-6-4-3-5-7-10/h3-7,11-13,15H,8-9H2,1-2H3/t11?,12?,13-,17+/m1/s1. The van der Waals surface area contributed by atoms with Gasteiger partial charge in [-0.05, 0) is 38.2 Å². The lowest BCUT2D eigenvalue weighted by atomic mass is 9.63. The van der Waals surface area contributed by atoms with Gasteiger partial charge < -0.3 is 4.55 Å². The Morgan fingerprint density at radius 2 is 1.94 bits per heavy atom. The smallest absolute Gasteiger partial charge is 0.142 e. The highest BCUT2D eigenvalue weighted by atomic mass is 32.2. The number of nitrogens with one attached hydrogen (secondary N) is 1. The second-order valence-electron chi connectivity index (χ2n) is 5.73. The number of hydrogen-bond donors (Lipinski definition) is 1. The van der Waals surface area contributed by atoms with E-state index in [2.05, 4.69) is 42.8 Å². The largest absolute Gasteiger partial charge is 0.598 e. The van der Waals surface area contributed by atoms with Gasteiger partial charge in [0, 0.05) is 17.3 Å². The van der Waals surface area contributed by atoms with Gasteiger partial charge >= 0.3 is 0 Å². The monoisotopic (exact) mass is 249 g/mol. The van der Waals surface area contributed by atoms with E-state index in [4.69, 9.17) is 0 Å². The average molecular weight is 249 g/mol. The van der Waals surface area contributed by atoms with Crippen molar-refractivity contribution >= 4 is 11.4 Å². The van der Waals surface area contributed by atoms with Crippen LogP contribution in [-0.4, -0.2) is 9.30 Å². The molecule has 0 aromatic heterocycles. The molecule has 4 atom stereocenters. The highest BCUT2D eigenvalue weighted by Crippen LogP contribution is 2.53. The van der Waals surface area contributed by atoms with Crippen molar-refractivity contribution in [2.45, 2.75) is 37.5 Å². The van der Waals surface area contributed by atoms with Crippen molar-refractivity contribution in [3.63, 3.8) is 0 Å². The molecule has 1 aromatic carbocycles. The number of hydrogen-bond acceptors (Lipinski definition) is 2. The first kappa shape index (κ1) is 11.6. The SMILES string of the molecule is CC1(C)C2CCC2[C@@H](c2ccccc2)N[S@@+]1[O-]. The zero-order valence-electron chi connectivity index (χ0n) is 10.3. The van der Waals surface area contributed by atoms with Crippen LogP contribution in [0.5, 0.6) is 0 Å². The van der Waals surface area contributed by atoms with E-state index in [9.17, 15) is 4.55 Å². The summed E-state index contributed by atoms with van der Waals surface area (Å²) >= 11 is -0.931. The first-order chi connectivity index (χ1) is 8.10. The zero-order valence-corrected chi connectivity index (χ0v) is 11.2. The summed E-state index contributed by atoms with van der Waals surface area (Å²) in [5.74, 6) is 1.26. The second-order valence-corrected chi connectivity index (χ2v) is 7.55. The molecule has 1 heterocycles. The number of benzene rings is 1. The van der Waals surface area contributed by atoms with E-state index in [1.165, 1.54) is 18.4 Å². The topological polar surface area (TPSA) is 35.1 Å². The lowest BCUT2D eigenvalue weighted by Crippen LogP contribution is -2.61. The van der Waals surface area contributed by atoms with E-state index < -0.39 is 11.4 Å². The molecule has 1 saturated heterocycles. The van der Waals surface area contributed by atoms with Crippen LogP contribution in [0.15, 0.2) is 30.3 Å². The van der Waals surface area contributed by atoms with E-state index in [0.29, 0.717) is 11.8 Å². The number of fused-ring (bicyclic) bond motifs is 1. The third kappa shape index (κ3) is 1.72. The Morgan fingerprint density at radius 3 is 2.53 bits per heavy atom. The summed E-state index contributed by atoms with van der Waals surface area (Å²) < 4.78 is 15.5. The summed E-state index contributed by atoms with van der Waals surface area (Å²) in [6.07, 6.45) is 2.49. The molecule has 1 N–H and O–H groups in total. The fourth-order valence-corrected chi connectivity index (χ4v) is 4.67. The van der Waals surface area contributed by atoms with Gasteiger partial charge in [0.15, 0.2) is 0 Å². The van der Waals surface area contributed by atoms with E-state index in [-0.39, 0.29) is 10.8 Å². The molecule has 2 fully saturated rings. The zero-order chi connectivity index (χ0) is 12.0. The van der Waals surface area contributed by atoms with Crippen LogP contribution in [0.2, 0.25) is 0 Å². The van der Waals surface area contributed by atoms with Crippen molar-refractivity contribution in [2.75, 3.05) is 0 Å². The van der Waals surface area contributed by atoms with Gasteiger partial charge in [-0.15, -0.1) is 4.72 Å². The molecule has 2 unspecified atom stereocenters. The molecule has 0 spiro atoms. The van der Waals surface area contributed by atoms with Crippen LogP contribution < -0.4 is 4.72 Å². The highest BCUT2D eigenvalue weighted by Gasteiger charge is 2.57. The van der Waals surface area contributed by atoms with Crippen LogP contribution in [0.4, 0.5) is 0 Å². The van der Waals surface area contributed by atoms with Crippen molar-refractivity contribution in [1.29, 1.82) is 0 Å². The van der Waals surface area contributed by atoms with E-state index in [0.717, 1.165) is 0 Å². The first-order valence-corrected chi connectivity index (χ1v) is 7.48. The normalized spacial score (nSPS) is 39.2. The molecule has 1 aromatic rings. The molecule has 0 amide bonds. The van der Waals surface area contributed by atoms with Gasteiger partial charge in [0.2, 0.25) is 0 Å². The Hall–Kier alpha value is -0.510. The summed E-state index contributed by atoms with van der Waals surface area (Å²) in [5.41, 5.74) is 1.28. The molecule has 0 bridgehead atoms. The van der Waals surface area contributed by atoms with Crippen LogP contribution in [0.25, 0.3) is 0 Å². The quantitative estimate of drug-likeness (QED) is 0.777. The van der Waals surface area contributed by atoms with Crippen molar-refractivity contribution in [3.05, 3.63) is 35.9 Å². The Morgan fingerprint density at radius 1 is 1.24 bits per heavy atom. The minimum Gasteiger partial charge on any atom is -0.598 e. The molecule has 0 radical (unpaired) electrons. The maximum atomic E-state index is 12.3. The van der Waals surface area contributed by atoms with Crippen molar-refractivity contribution < 1.29 is 4.55 Å². The minimum absolute atomic E-state index is 0.0752. The van der Waals surface area contributed by atoms with Crippen LogP contribution in [0.3, 0.4) is 0 Å². The molecule has 1 aliphatic carbocycles. The molecule has 2 nitrogen and oxygen atoms in total. The molecule has 1 saturated carbocycles. The Bertz CT molecular complexity index is 406. The summed E-state index contributed by atoms with van der Waals surface area (Å²) in [6.45, 7) is 4.27. The predicted octanol–water partition coefficient (Wildman–Crippen LogP) is 2.80. The highest BCUT2D eigenvalue weighted by molar-refractivity contribution is 7.90. The fraction of sp³-hybridized carbons (Fsp3) is 0.571. The van der Waals surface area contributed by atoms with Crippen molar-refractivity contribution in [2.24, 2.45) is 11.8 Å². The summed E-state index contributed by atoms with van der Waals surface area (Å²) in [5, 5.41) is 0. The molecule has 17 heavy (non-hydrogen) atoms. The van der Waals surface area contributed by atoms with Crippen LogP contribution >= 0.6 is 0 Å². The minimum atomic E-state index is -0.931. The van der Waals surface area contributed by atoms with Gasteiger partial charge in [0.25, 0.3) is 0 Å². The third-order valence-corrected chi connectivity index (χ3v) is 6.25. The number of rotatable bonds is 1. The van der Waals surface area contributed by atoms with Gasteiger partial charge in [-0.3, -0.25) is 0 Å². The van der Waals surface area contributed by atoms with Gasteiger partial charge in [0.05, 0.1) is 6.04 Å². The average Bonchev–Trinajstić information content (AvgIpc) is 2.25. The third-order valence-electron chi connectivity index (χ3n) is 4.52. The molecule has 92 valence electrons. The van der Waals surface area contributed by atoms with Crippen LogP contribution in [0.1, 0.15) is 38.3 Å². The Kier molecular flexibility index (Phi) is 2.73.